The molecular weight excluding hydrogens is 334 g/mol. The van der Waals surface area contributed by atoms with Crippen LogP contribution in [-0.2, 0) is 11.3 Å². The molecule has 0 bridgehead atoms. The van der Waals surface area contributed by atoms with Crippen LogP contribution in [0.1, 0.15) is 11.1 Å². The van der Waals surface area contributed by atoms with E-state index >= 15 is 0 Å². The topological polar surface area (TPSA) is 103 Å². The molecule has 0 aliphatic rings. The summed E-state index contributed by atoms with van der Waals surface area (Å²) in [6.45, 7) is 0.348. The van der Waals surface area contributed by atoms with Crippen molar-refractivity contribution in [2.24, 2.45) is 0 Å². The zero-order valence-electron chi connectivity index (χ0n) is 13.6. The predicted molar refractivity (Wildman–Crippen MR) is 95.3 cm³/mol. The van der Waals surface area contributed by atoms with Gasteiger partial charge in [-0.25, -0.2) is 9.67 Å². The summed E-state index contributed by atoms with van der Waals surface area (Å²) in [7, 11) is 0. The molecule has 3 rings (SSSR count). The number of carbonyl (C=O) groups excluding carboxylic acids is 1. The van der Waals surface area contributed by atoms with Gasteiger partial charge in [-0.05, 0) is 29.3 Å². The summed E-state index contributed by atoms with van der Waals surface area (Å²) < 4.78 is 1.63. The summed E-state index contributed by atoms with van der Waals surface area (Å²) in [6.07, 6.45) is 5.93. The summed E-state index contributed by atoms with van der Waals surface area (Å²) >= 11 is 0. The van der Waals surface area contributed by atoms with Gasteiger partial charge in [0.15, 0.2) is 0 Å². The van der Waals surface area contributed by atoms with Crippen molar-refractivity contribution in [3.05, 3.63) is 88.5 Å². The third-order valence-corrected chi connectivity index (χ3v) is 3.57. The molecule has 0 atom stereocenters. The molecule has 0 unspecified atom stereocenters. The molecule has 0 aliphatic heterocycles. The SMILES string of the molecule is O=C(/C=C\c1cccc([N+](=O)[O-])c1)NCc1cccc(-n2cncn2)c1. The van der Waals surface area contributed by atoms with Gasteiger partial charge in [0.2, 0.25) is 5.91 Å². The minimum Gasteiger partial charge on any atom is -0.348 e. The average Bonchev–Trinajstić information content (AvgIpc) is 3.20. The van der Waals surface area contributed by atoms with Gasteiger partial charge in [-0.2, -0.15) is 5.10 Å². The minimum atomic E-state index is -0.473. The molecular formula is C18H15N5O3. The van der Waals surface area contributed by atoms with Crippen molar-refractivity contribution in [2.45, 2.75) is 6.54 Å². The Hall–Kier alpha value is -3.81. The highest BCUT2D eigenvalue weighted by Crippen LogP contribution is 2.14. The molecule has 0 saturated carbocycles. The number of nitro groups is 1. The van der Waals surface area contributed by atoms with E-state index in [1.165, 1.54) is 30.6 Å². The molecule has 130 valence electrons. The number of non-ortho nitro benzene ring substituents is 1. The van der Waals surface area contributed by atoms with Crippen LogP contribution in [0.25, 0.3) is 11.8 Å². The standard InChI is InChI=1S/C18H15N5O3/c24-18(8-7-14-3-1-6-17(9-14)23(25)26)20-11-15-4-2-5-16(10-15)22-13-19-12-21-22/h1-10,12-13H,11H2,(H,20,24)/b8-7-. The lowest BCUT2D eigenvalue weighted by atomic mass is 10.2. The number of carbonyl (C=O) groups is 1. The highest BCUT2D eigenvalue weighted by atomic mass is 16.6. The lowest BCUT2D eigenvalue weighted by molar-refractivity contribution is -0.384. The molecule has 0 saturated heterocycles. The van der Waals surface area contributed by atoms with Gasteiger partial charge in [-0.15, -0.1) is 0 Å². The lowest BCUT2D eigenvalue weighted by Crippen LogP contribution is -2.20. The largest absolute Gasteiger partial charge is 0.348 e. The van der Waals surface area contributed by atoms with Gasteiger partial charge in [0.25, 0.3) is 5.69 Å². The maximum Gasteiger partial charge on any atom is 0.270 e. The Bertz CT molecular complexity index is 951. The number of nitrogens with zero attached hydrogens (tertiary/aromatic N) is 4. The first-order valence-corrected chi connectivity index (χ1v) is 7.76. The van der Waals surface area contributed by atoms with E-state index in [9.17, 15) is 14.9 Å². The van der Waals surface area contributed by atoms with Crippen molar-refractivity contribution in [2.75, 3.05) is 0 Å². The Morgan fingerprint density at radius 2 is 2.08 bits per heavy atom. The molecule has 26 heavy (non-hydrogen) atoms. The van der Waals surface area contributed by atoms with Crippen molar-refractivity contribution in [3.63, 3.8) is 0 Å². The molecule has 1 N–H and O–H groups in total. The van der Waals surface area contributed by atoms with Crippen LogP contribution in [-0.4, -0.2) is 25.6 Å². The molecule has 1 amide bonds. The molecule has 1 heterocycles. The first-order valence-electron chi connectivity index (χ1n) is 7.76. The van der Waals surface area contributed by atoms with E-state index in [2.05, 4.69) is 15.4 Å². The maximum atomic E-state index is 12.0. The number of amides is 1. The highest BCUT2D eigenvalue weighted by molar-refractivity contribution is 5.91. The Balaban J connectivity index is 1.60. The summed E-state index contributed by atoms with van der Waals surface area (Å²) in [4.78, 5) is 26.1. The van der Waals surface area contributed by atoms with Crippen LogP contribution in [0.15, 0.2) is 67.3 Å². The number of aromatic nitrogens is 3. The van der Waals surface area contributed by atoms with Crippen molar-refractivity contribution in [3.8, 4) is 5.69 Å². The highest BCUT2D eigenvalue weighted by Gasteiger charge is 2.04. The zero-order chi connectivity index (χ0) is 18.4. The Labute approximate surface area is 149 Å². The molecule has 1 aromatic heterocycles. The number of nitrogens with one attached hydrogen (secondary N) is 1. The van der Waals surface area contributed by atoms with Crippen LogP contribution in [0.4, 0.5) is 5.69 Å². The van der Waals surface area contributed by atoms with Crippen LogP contribution in [0.2, 0.25) is 0 Å². The molecule has 0 spiro atoms. The van der Waals surface area contributed by atoms with E-state index < -0.39 is 4.92 Å². The molecule has 0 radical (unpaired) electrons. The van der Waals surface area contributed by atoms with Gasteiger partial charge in [0, 0.05) is 24.8 Å². The lowest BCUT2D eigenvalue weighted by Gasteiger charge is -2.05. The Morgan fingerprint density at radius 3 is 2.85 bits per heavy atom. The third-order valence-electron chi connectivity index (χ3n) is 3.57. The van der Waals surface area contributed by atoms with E-state index in [0.29, 0.717) is 12.1 Å². The zero-order valence-corrected chi connectivity index (χ0v) is 13.6. The number of nitro benzene ring substituents is 1. The van der Waals surface area contributed by atoms with Crippen molar-refractivity contribution >= 4 is 17.7 Å². The average molecular weight is 349 g/mol. The fourth-order valence-electron chi connectivity index (χ4n) is 2.31. The van der Waals surface area contributed by atoms with E-state index in [-0.39, 0.29) is 11.6 Å². The quantitative estimate of drug-likeness (QED) is 0.418. The monoisotopic (exact) mass is 349 g/mol. The first kappa shape index (κ1) is 17.0. The molecule has 3 aromatic rings. The molecule has 8 nitrogen and oxygen atoms in total. The maximum absolute atomic E-state index is 12.0. The summed E-state index contributed by atoms with van der Waals surface area (Å²) in [6, 6.07) is 13.6. The molecule has 0 aliphatic carbocycles. The smallest absolute Gasteiger partial charge is 0.270 e. The van der Waals surface area contributed by atoms with Gasteiger partial charge >= 0.3 is 0 Å². The fourth-order valence-corrected chi connectivity index (χ4v) is 2.31. The van der Waals surface area contributed by atoms with Crippen LogP contribution in [0.3, 0.4) is 0 Å². The van der Waals surface area contributed by atoms with Crippen LogP contribution >= 0.6 is 0 Å². The van der Waals surface area contributed by atoms with Crippen LogP contribution < -0.4 is 5.32 Å². The van der Waals surface area contributed by atoms with Gasteiger partial charge in [-0.1, -0.05) is 24.3 Å². The number of benzene rings is 2. The van der Waals surface area contributed by atoms with Gasteiger partial charge in [-0.3, -0.25) is 14.9 Å². The van der Waals surface area contributed by atoms with E-state index in [4.69, 9.17) is 0 Å². The summed E-state index contributed by atoms with van der Waals surface area (Å²) in [5, 5.41) is 17.6. The molecule has 2 aromatic carbocycles. The fraction of sp³-hybridized carbons (Fsp3) is 0.0556. The predicted octanol–water partition coefficient (Wildman–Crippen LogP) is 2.51. The van der Waals surface area contributed by atoms with Gasteiger partial charge in [0.1, 0.15) is 12.7 Å². The third kappa shape index (κ3) is 4.38. The Morgan fingerprint density at radius 1 is 1.23 bits per heavy atom. The molecule has 0 fully saturated rings. The van der Waals surface area contributed by atoms with Crippen molar-refractivity contribution in [1.29, 1.82) is 0 Å². The second kappa shape index (κ2) is 7.84. The number of hydrogen-bond donors (Lipinski definition) is 1. The Kier molecular flexibility index (Phi) is 5.14. The number of rotatable bonds is 6. The molecule has 8 heteroatoms. The number of hydrogen-bond acceptors (Lipinski definition) is 5. The summed E-state index contributed by atoms with van der Waals surface area (Å²) in [5.74, 6) is -0.289. The van der Waals surface area contributed by atoms with E-state index in [0.717, 1.165) is 11.3 Å². The second-order valence-corrected chi connectivity index (χ2v) is 5.41. The minimum absolute atomic E-state index is 0.0162. The second-order valence-electron chi connectivity index (χ2n) is 5.41. The van der Waals surface area contributed by atoms with Crippen LogP contribution in [0.5, 0.6) is 0 Å². The summed E-state index contributed by atoms with van der Waals surface area (Å²) in [5.41, 5.74) is 2.33. The van der Waals surface area contributed by atoms with Crippen molar-refractivity contribution in [1.82, 2.24) is 20.1 Å². The normalized spacial score (nSPS) is 10.8. The first-order chi connectivity index (χ1) is 12.6. The van der Waals surface area contributed by atoms with Crippen molar-refractivity contribution < 1.29 is 9.72 Å². The van der Waals surface area contributed by atoms with Crippen LogP contribution in [0, 0.1) is 10.1 Å². The van der Waals surface area contributed by atoms with E-state index in [1.807, 2.05) is 24.3 Å². The van der Waals surface area contributed by atoms with E-state index in [1.54, 1.807) is 23.1 Å². The van der Waals surface area contributed by atoms with Gasteiger partial charge < -0.3 is 5.32 Å². The van der Waals surface area contributed by atoms with Gasteiger partial charge in [0.05, 0.1) is 10.6 Å².